The lowest BCUT2D eigenvalue weighted by atomic mass is 10.4. The maximum absolute atomic E-state index is 8.57. The van der Waals surface area contributed by atoms with Gasteiger partial charge in [0.1, 0.15) is 6.07 Å². The van der Waals surface area contributed by atoms with E-state index >= 15 is 0 Å². The summed E-state index contributed by atoms with van der Waals surface area (Å²) in [6.45, 7) is 0. The van der Waals surface area contributed by atoms with E-state index in [-0.39, 0.29) is 16.7 Å². The minimum Gasteiger partial charge on any atom is -0.381 e. The predicted molar refractivity (Wildman–Crippen MR) is 50.5 cm³/mol. The summed E-state index contributed by atoms with van der Waals surface area (Å²) in [5.74, 6) is 0.550. The molecule has 0 radical (unpaired) electrons. The summed E-state index contributed by atoms with van der Waals surface area (Å²) in [5, 5.41) is 8.74. The molecule has 0 aromatic carbocycles. The maximum Gasteiger partial charge on any atom is 0.184 e. The number of nitriles is 1. The van der Waals surface area contributed by atoms with E-state index in [4.69, 9.17) is 22.6 Å². The quantitative estimate of drug-likeness (QED) is 0.715. The Morgan fingerprint density at radius 3 is 2.54 bits per heavy atom. The van der Waals surface area contributed by atoms with Crippen LogP contribution in [0.25, 0.3) is 0 Å². The molecule has 0 spiro atoms. The number of hydrogen-bond donors (Lipinski definition) is 1. The van der Waals surface area contributed by atoms with Crippen LogP contribution in [0.1, 0.15) is 5.69 Å². The number of nitrogen functional groups attached to an aromatic ring is 1. The maximum atomic E-state index is 8.57. The first kappa shape index (κ1) is 9.55. The summed E-state index contributed by atoms with van der Waals surface area (Å²) >= 11 is 5.75. The van der Waals surface area contributed by atoms with Crippen LogP contribution < -0.4 is 10.6 Å². The summed E-state index contributed by atoms with van der Waals surface area (Å²) in [7, 11) is 3.53. The molecule has 1 heterocycles. The van der Waals surface area contributed by atoms with Crippen LogP contribution in [0, 0.1) is 11.3 Å². The van der Waals surface area contributed by atoms with Crippen LogP contribution in [-0.4, -0.2) is 24.1 Å². The van der Waals surface area contributed by atoms with Gasteiger partial charge in [0, 0.05) is 14.1 Å². The van der Waals surface area contributed by atoms with Crippen molar-refractivity contribution in [3.63, 3.8) is 0 Å². The van der Waals surface area contributed by atoms with Gasteiger partial charge in [0.2, 0.25) is 0 Å². The van der Waals surface area contributed by atoms with Gasteiger partial charge in [0.05, 0.1) is 0 Å². The van der Waals surface area contributed by atoms with Gasteiger partial charge >= 0.3 is 0 Å². The van der Waals surface area contributed by atoms with Crippen LogP contribution in [0.5, 0.6) is 0 Å². The summed E-state index contributed by atoms with van der Waals surface area (Å²) in [6, 6.07) is 1.80. The van der Waals surface area contributed by atoms with E-state index in [1.807, 2.05) is 0 Å². The zero-order chi connectivity index (χ0) is 10.0. The third-order valence-electron chi connectivity index (χ3n) is 1.39. The fourth-order valence-corrected chi connectivity index (χ4v) is 1.08. The third kappa shape index (κ3) is 1.79. The van der Waals surface area contributed by atoms with Gasteiger partial charge < -0.3 is 10.6 Å². The molecule has 0 unspecified atom stereocenters. The topological polar surface area (TPSA) is 78.8 Å². The largest absolute Gasteiger partial charge is 0.381 e. The number of aromatic nitrogens is 2. The van der Waals surface area contributed by atoms with E-state index in [9.17, 15) is 0 Å². The molecule has 5 nitrogen and oxygen atoms in total. The van der Waals surface area contributed by atoms with E-state index in [1.165, 1.54) is 0 Å². The van der Waals surface area contributed by atoms with Crippen LogP contribution in [0.3, 0.4) is 0 Å². The molecule has 6 heteroatoms. The molecule has 0 saturated carbocycles. The Labute approximate surface area is 80.8 Å². The fraction of sp³-hybridized carbons (Fsp3) is 0.286. The van der Waals surface area contributed by atoms with Crippen molar-refractivity contribution in [1.29, 1.82) is 5.26 Å². The van der Waals surface area contributed by atoms with Gasteiger partial charge in [-0.15, -0.1) is 0 Å². The lowest BCUT2D eigenvalue weighted by Gasteiger charge is -2.12. The van der Waals surface area contributed by atoms with Crippen molar-refractivity contribution in [1.82, 2.24) is 9.97 Å². The summed E-state index contributed by atoms with van der Waals surface area (Å²) in [5.41, 5.74) is 5.51. The minimum atomic E-state index is 0.0515. The Balaban J connectivity index is 3.31. The highest BCUT2D eigenvalue weighted by Gasteiger charge is 2.10. The fourth-order valence-electron chi connectivity index (χ4n) is 0.785. The lowest BCUT2D eigenvalue weighted by molar-refractivity contribution is 1.04. The molecule has 68 valence electrons. The van der Waals surface area contributed by atoms with Crippen molar-refractivity contribution in [3.05, 3.63) is 10.8 Å². The zero-order valence-corrected chi connectivity index (χ0v) is 8.00. The standard InChI is InChI=1S/C7H8ClN5/c1-13(2)7-5(8)11-4(3-9)6(10)12-7/h1-2H3,(H2,10,12). The zero-order valence-electron chi connectivity index (χ0n) is 7.24. The molecular weight excluding hydrogens is 190 g/mol. The van der Waals surface area contributed by atoms with Crippen molar-refractivity contribution in [3.8, 4) is 6.07 Å². The molecular formula is C7H8ClN5. The Morgan fingerprint density at radius 2 is 2.08 bits per heavy atom. The number of halogens is 1. The number of rotatable bonds is 1. The average molecular weight is 198 g/mol. The smallest absolute Gasteiger partial charge is 0.184 e. The molecule has 13 heavy (non-hydrogen) atoms. The van der Waals surface area contributed by atoms with Crippen LogP contribution in [0.15, 0.2) is 0 Å². The van der Waals surface area contributed by atoms with Gasteiger partial charge in [-0.05, 0) is 0 Å². The van der Waals surface area contributed by atoms with Crippen molar-refractivity contribution in [2.24, 2.45) is 0 Å². The first-order chi connectivity index (χ1) is 6.06. The van der Waals surface area contributed by atoms with Crippen LogP contribution >= 0.6 is 11.6 Å². The molecule has 0 amide bonds. The molecule has 1 aromatic rings. The second-order valence-corrected chi connectivity index (χ2v) is 2.94. The number of hydrogen-bond acceptors (Lipinski definition) is 5. The van der Waals surface area contributed by atoms with Crippen LogP contribution in [0.2, 0.25) is 5.15 Å². The van der Waals surface area contributed by atoms with Crippen LogP contribution in [-0.2, 0) is 0 Å². The van der Waals surface area contributed by atoms with Crippen molar-refractivity contribution >= 4 is 23.2 Å². The Hall–Kier alpha value is -1.54. The van der Waals surface area contributed by atoms with Gasteiger partial charge in [-0.1, -0.05) is 11.6 Å². The van der Waals surface area contributed by atoms with E-state index in [2.05, 4.69) is 9.97 Å². The Kier molecular flexibility index (Phi) is 2.54. The number of nitrogens with zero attached hydrogens (tertiary/aromatic N) is 4. The number of anilines is 2. The second-order valence-electron chi connectivity index (χ2n) is 2.58. The monoisotopic (exact) mass is 197 g/mol. The normalized spacial score (nSPS) is 9.38. The first-order valence-electron chi connectivity index (χ1n) is 3.46. The van der Waals surface area contributed by atoms with Gasteiger partial charge in [-0.2, -0.15) is 5.26 Å². The lowest BCUT2D eigenvalue weighted by Crippen LogP contribution is -2.14. The molecule has 0 aliphatic carbocycles. The van der Waals surface area contributed by atoms with Gasteiger partial charge in [0.25, 0.3) is 0 Å². The molecule has 0 aliphatic rings. The number of nitrogens with two attached hydrogens (primary N) is 1. The highest BCUT2D eigenvalue weighted by atomic mass is 35.5. The van der Waals surface area contributed by atoms with Gasteiger partial charge in [-0.3, -0.25) is 0 Å². The van der Waals surface area contributed by atoms with Gasteiger partial charge in [-0.25, -0.2) is 9.97 Å². The molecule has 0 aliphatic heterocycles. The van der Waals surface area contributed by atoms with E-state index in [0.29, 0.717) is 5.82 Å². The van der Waals surface area contributed by atoms with Gasteiger partial charge in [0.15, 0.2) is 22.5 Å². The van der Waals surface area contributed by atoms with E-state index in [0.717, 1.165) is 0 Å². The van der Waals surface area contributed by atoms with Crippen molar-refractivity contribution in [2.45, 2.75) is 0 Å². The molecule has 0 bridgehead atoms. The predicted octanol–water partition coefficient (Wildman–Crippen LogP) is 0.650. The van der Waals surface area contributed by atoms with Crippen molar-refractivity contribution < 1.29 is 0 Å². The summed E-state index contributed by atoms with van der Waals surface area (Å²) in [4.78, 5) is 9.39. The molecule has 2 N–H and O–H groups in total. The second kappa shape index (κ2) is 3.46. The summed E-state index contributed by atoms with van der Waals surface area (Å²) < 4.78 is 0. The average Bonchev–Trinajstić information content (AvgIpc) is 2.07. The highest BCUT2D eigenvalue weighted by molar-refractivity contribution is 6.31. The van der Waals surface area contributed by atoms with E-state index in [1.54, 1.807) is 25.1 Å². The summed E-state index contributed by atoms with van der Waals surface area (Å²) in [6.07, 6.45) is 0. The Morgan fingerprint density at radius 1 is 1.46 bits per heavy atom. The molecule has 1 aromatic heterocycles. The van der Waals surface area contributed by atoms with Crippen LogP contribution in [0.4, 0.5) is 11.6 Å². The molecule has 1 rings (SSSR count). The molecule has 0 saturated heterocycles. The van der Waals surface area contributed by atoms with Crippen molar-refractivity contribution in [2.75, 3.05) is 24.7 Å². The highest BCUT2D eigenvalue weighted by Crippen LogP contribution is 2.21. The molecule has 0 fully saturated rings. The molecule has 0 atom stereocenters. The first-order valence-corrected chi connectivity index (χ1v) is 3.84. The van der Waals surface area contributed by atoms with E-state index < -0.39 is 0 Å². The minimum absolute atomic E-state index is 0.0515. The third-order valence-corrected chi connectivity index (χ3v) is 1.65. The SMILES string of the molecule is CN(C)c1nc(N)c(C#N)nc1Cl. The Bertz CT molecular complexity index is 368.